The second-order valence-electron chi connectivity index (χ2n) is 7.45. The Kier molecular flexibility index (Phi) is 9.43. The summed E-state index contributed by atoms with van der Waals surface area (Å²) in [6.07, 6.45) is -4.73. The van der Waals surface area contributed by atoms with Crippen LogP contribution in [0.25, 0.3) is 0 Å². The summed E-state index contributed by atoms with van der Waals surface area (Å²) in [6, 6.07) is 8.95. The first-order chi connectivity index (χ1) is 16.0. The quantitative estimate of drug-likeness (QED) is 0.169. The summed E-state index contributed by atoms with van der Waals surface area (Å²) in [5, 5.41) is 12.4. The van der Waals surface area contributed by atoms with E-state index in [4.69, 9.17) is 20.6 Å². The maximum atomic E-state index is 13.5. The molecule has 0 aliphatic rings. The van der Waals surface area contributed by atoms with E-state index in [0.717, 1.165) is 6.07 Å². The van der Waals surface area contributed by atoms with Crippen LogP contribution in [-0.2, 0) is 20.5 Å². The van der Waals surface area contributed by atoms with Gasteiger partial charge in [-0.25, -0.2) is 0 Å². The lowest BCUT2D eigenvalue weighted by molar-refractivity contribution is -0.139. The number of amides is 2. The zero-order valence-electron chi connectivity index (χ0n) is 18.8. The predicted octanol–water partition coefficient (Wildman–Crippen LogP) is 3.61. The molecule has 2 amide bonds. The highest BCUT2D eigenvalue weighted by molar-refractivity contribution is 6.04. The van der Waals surface area contributed by atoms with E-state index >= 15 is 0 Å². The smallest absolute Gasteiger partial charge is 0.419 e. The van der Waals surface area contributed by atoms with Crippen LogP contribution in [-0.4, -0.2) is 38.0 Å². The number of amidine groups is 1. The van der Waals surface area contributed by atoms with E-state index in [1.807, 2.05) is 0 Å². The van der Waals surface area contributed by atoms with Crippen LogP contribution in [0.2, 0.25) is 0 Å². The lowest BCUT2D eigenvalue weighted by atomic mass is 10.0. The first-order valence-electron chi connectivity index (χ1n) is 10.4. The average molecular weight is 480 g/mol. The number of halogens is 3. The molecule has 184 valence electrons. The Hall–Kier alpha value is -3.60. The fraction of sp³-hybridized carbons (Fsp3) is 0.348. The van der Waals surface area contributed by atoms with Gasteiger partial charge in [0.25, 0.3) is 0 Å². The summed E-state index contributed by atoms with van der Waals surface area (Å²) >= 11 is 0. The predicted molar refractivity (Wildman–Crippen MR) is 121 cm³/mol. The highest BCUT2D eigenvalue weighted by atomic mass is 19.4. The number of nitrogens with two attached hydrogens (primary N) is 1. The molecule has 0 radical (unpaired) electrons. The van der Waals surface area contributed by atoms with Crippen molar-refractivity contribution in [2.45, 2.75) is 32.0 Å². The number of benzene rings is 2. The molecule has 0 aliphatic carbocycles. The third-order valence-corrected chi connectivity index (χ3v) is 4.74. The number of carbonyl (C=O) groups is 2. The Bertz CT molecular complexity index is 1010. The largest absolute Gasteiger partial charge is 0.493 e. The van der Waals surface area contributed by atoms with Gasteiger partial charge in [-0.3, -0.25) is 15.0 Å². The monoisotopic (exact) mass is 480 g/mol. The second kappa shape index (κ2) is 12.0. The lowest BCUT2D eigenvalue weighted by Gasteiger charge is -2.19. The van der Waals surface area contributed by atoms with Crippen LogP contribution in [0.3, 0.4) is 0 Å². The third kappa shape index (κ3) is 8.07. The number of carbonyl (C=O) groups excluding carboxylic acids is 2. The van der Waals surface area contributed by atoms with E-state index in [1.54, 1.807) is 12.1 Å². The molecule has 0 saturated carbocycles. The van der Waals surface area contributed by atoms with Crippen molar-refractivity contribution in [3.8, 4) is 5.75 Å². The number of ether oxygens (including phenoxy) is 2. The lowest BCUT2D eigenvalue weighted by Crippen LogP contribution is -2.30. The van der Waals surface area contributed by atoms with Gasteiger partial charge in [0.05, 0.1) is 18.2 Å². The molecule has 0 aromatic heterocycles. The minimum absolute atomic E-state index is 0.0646. The van der Waals surface area contributed by atoms with Gasteiger partial charge in [-0.1, -0.05) is 6.07 Å². The number of nitrogen functional groups attached to an aromatic ring is 1. The first-order valence-corrected chi connectivity index (χ1v) is 10.4. The Balaban J connectivity index is 1.99. The number of rotatable bonds is 11. The normalized spacial score (nSPS) is 12.0. The van der Waals surface area contributed by atoms with Gasteiger partial charge in [-0.2, -0.15) is 13.2 Å². The van der Waals surface area contributed by atoms with Gasteiger partial charge in [-0.05, 0) is 48.9 Å². The standard InChI is InChI=1S/C23H27F3N4O4/c1-14(16-6-9-19(34-11-3-10-33-2)18(12-16)23(24,25)26)29-20(31)13-21(32)30-17-7-4-15(5-8-17)22(27)28/h4-9,12,14H,3,10-11,13H2,1-2H3,(H3,27,28)(H,29,31)(H,30,32). The van der Waals surface area contributed by atoms with E-state index in [0.29, 0.717) is 24.3 Å². The number of hydrogen-bond acceptors (Lipinski definition) is 5. The van der Waals surface area contributed by atoms with Crippen molar-refractivity contribution in [1.29, 1.82) is 5.41 Å². The van der Waals surface area contributed by atoms with Crippen LogP contribution >= 0.6 is 0 Å². The molecule has 1 atom stereocenters. The van der Waals surface area contributed by atoms with Crippen molar-refractivity contribution in [2.24, 2.45) is 5.73 Å². The van der Waals surface area contributed by atoms with Crippen molar-refractivity contribution in [1.82, 2.24) is 5.32 Å². The number of methoxy groups -OCH3 is 1. The Labute approximate surface area is 195 Å². The topological polar surface area (TPSA) is 127 Å². The molecule has 0 fully saturated rings. The maximum Gasteiger partial charge on any atom is 0.419 e. The van der Waals surface area contributed by atoms with Gasteiger partial charge >= 0.3 is 6.18 Å². The number of nitrogens with one attached hydrogen (secondary N) is 3. The summed E-state index contributed by atoms with van der Waals surface area (Å²) in [6.45, 7) is 1.94. The minimum atomic E-state index is -4.64. The molecule has 1 unspecified atom stereocenters. The van der Waals surface area contributed by atoms with Gasteiger partial charge in [-0.15, -0.1) is 0 Å². The van der Waals surface area contributed by atoms with Crippen LogP contribution in [0.5, 0.6) is 5.75 Å². The Morgan fingerprint density at radius 1 is 1.09 bits per heavy atom. The molecule has 0 aliphatic heterocycles. The molecular weight excluding hydrogens is 453 g/mol. The molecule has 2 rings (SSSR count). The SMILES string of the molecule is COCCCOc1ccc(C(C)NC(=O)CC(=O)Nc2ccc(C(=N)N)cc2)cc1C(F)(F)F. The van der Waals surface area contributed by atoms with Gasteiger partial charge in [0.2, 0.25) is 11.8 Å². The summed E-state index contributed by atoms with van der Waals surface area (Å²) in [5.41, 5.74) is 5.52. The van der Waals surface area contributed by atoms with Gasteiger partial charge in [0.1, 0.15) is 18.0 Å². The van der Waals surface area contributed by atoms with E-state index < -0.39 is 36.0 Å². The van der Waals surface area contributed by atoms with Crippen LogP contribution in [0.15, 0.2) is 42.5 Å². The number of alkyl halides is 3. The summed E-state index contributed by atoms with van der Waals surface area (Å²) in [5.74, 6) is -1.68. The summed E-state index contributed by atoms with van der Waals surface area (Å²) in [4.78, 5) is 24.4. The van der Waals surface area contributed by atoms with Crippen molar-refractivity contribution in [3.63, 3.8) is 0 Å². The van der Waals surface area contributed by atoms with Crippen LogP contribution in [0, 0.1) is 5.41 Å². The zero-order chi connectivity index (χ0) is 25.3. The maximum absolute atomic E-state index is 13.5. The van der Waals surface area contributed by atoms with Crippen molar-refractivity contribution in [3.05, 3.63) is 59.2 Å². The molecule has 11 heteroatoms. The minimum Gasteiger partial charge on any atom is -0.493 e. The molecule has 2 aromatic rings. The highest BCUT2D eigenvalue weighted by Gasteiger charge is 2.35. The van der Waals surface area contributed by atoms with E-state index in [1.165, 1.54) is 38.3 Å². The van der Waals surface area contributed by atoms with E-state index in [-0.39, 0.29) is 23.8 Å². The average Bonchev–Trinajstić information content (AvgIpc) is 2.76. The van der Waals surface area contributed by atoms with Gasteiger partial charge in [0, 0.05) is 31.4 Å². The molecule has 8 nitrogen and oxygen atoms in total. The fourth-order valence-corrected chi connectivity index (χ4v) is 3.01. The number of hydrogen-bond donors (Lipinski definition) is 4. The molecule has 0 heterocycles. The second-order valence-corrected chi connectivity index (χ2v) is 7.45. The van der Waals surface area contributed by atoms with Crippen LogP contribution in [0.1, 0.15) is 42.5 Å². The molecule has 5 N–H and O–H groups in total. The van der Waals surface area contributed by atoms with Crippen LogP contribution in [0.4, 0.5) is 18.9 Å². The first kappa shape index (κ1) is 26.7. The molecule has 0 saturated heterocycles. The van der Waals surface area contributed by atoms with Crippen molar-refractivity contribution < 1.29 is 32.2 Å². The Morgan fingerprint density at radius 2 is 1.76 bits per heavy atom. The Morgan fingerprint density at radius 3 is 2.35 bits per heavy atom. The third-order valence-electron chi connectivity index (χ3n) is 4.74. The van der Waals surface area contributed by atoms with Gasteiger partial charge in [0.15, 0.2) is 0 Å². The molecule has 2 aromatic carbocycles. The fourth-order valence-electron chi connectivity index (χ4n) is 3.01. The molecular formula is C23H27F3N4O4. The zero-order valence-corrected chi connectivity index (χ0v) is 18.8. The summed E-state index contributed by atoms with van der Waals surface area (Å²) in [7, 11) is 1.49. The van der Waals surface area contributed by atoms with Gasteiger partial charge < -0.3 is 25.8 Å². The van der Waals surface area contributed by atoms with Crippen LogP contribution < -0.4 is 21.1 Å². The van der Waals surface area contributed by atoms with Crippen molar-refractivity contribution >= 4 is 23.3 Å². The highest BCUT2D eigenvalue weighted by Crippen LogP contribution is 2.37. The molecule has 0 bridgehead atoms. The summed E-state index contributed by atoms with van der Waals surface area (Å²) < 4.78 is 50.7. The van der Waals surface area contributed by atoms with E-state index in [9.17, 15) is 22.8 Å². The molecule has 34 heavy (non-hydrogen) atoms. The van der Waals surface area contributed by atoms with Crippen molar-refractivity contribution in [2.75, 3.05) is 25.6 Å². The molecule has 0 spiro atoms. The van der Waals surface area contributed by atoms with E-state index in [2.05, 4.69) is 10.6 Å². The number of anilines is 1.